The van der Waals surface area contributed by atoms with E-state index in [4.69, 9.17) is 5.73 Å². The van der Waals surface area contributed by atoms with Crippen LogP contribution in [0.5, 0.6) is 0 Å². The van der Waals surface area contributed by atoms with Gasteiger partial charge in [-0.3, -0.25) is 14.0 Å². The third kappa shape index (κ3) is 3.86. The monoisotopic (exact) mass is 544 g/mol. The van der Waals surface area contributed by atoms with E-state index in [2.05, 4.69) is 4.98 Å². The van der Waals surface area contributed by atoms with Crippen LogP contribution in [0, 0.1) is 12.7 Å². The third-order valence-corrected chi connectivity index (χ3v) is 7.94. The van der Waals surface area contributed by atoms with Crippen molar-refractivity contribution in [2.45, 2.75) is 37.8 Å². The zero-order valence-corrected chi connectivity index (χ0v) is 21.5. The first kappa shape index (κ1) is 25.7. The van der Waals surface area contributed by atoms with Crippen molar-refractivity contribution >= 4 is 22.3 Å². The van der Waals surface area contributed by atoms with E-state index in [-0.39, 0.29) is 24.2 Å². The number of H-pyrrole nitrogens is 1. The Balaban J connectivity index is 1.58. The number of aromatic amines is 1. The molecule has 1 unspecified atom stereocenters. The van der Waals surface area contributed by atoms with Crippen LogP contribution >= 0.6 is 0 Å². The van der Waals surface area contributed by atoms with Crippen molar-refractivity contribution in [1.82, 2.24) is 14.0 Å². The van der Waals surface area contributed by atoms with Gasteiger partial charge in [0.1, 0.15) is 12.0 Å². The third-order valence-electron chi connectivity index (χ3n) is 7.94. The number of pyridine rings is 1. The Labute approximate surface area is 226 Å². The number of amides is 1. The minimum Gasteiger partial charge on any atom is -0.396 e. The number of alkyl halides is 1. The molecule has 1 amide bonds. The summed E-state index contributed by atoms with van der Waals surface area (Å²) in [6.07, 6.45) is 0.195. The van der Waals surface area contributed by atoms with Gasteiger partial charge in [-0.15, -0.1) is 0 Å². The molecule has 1 aliphatic rings. The number of hydrogen-bond donors (Lipinski definition) is 3. The highest BCUT2D eigenvalue weighted by Crippen LogP contribution is 2.48. The zero-order valence-electron chi connectivity index (χ0n) is 21.5. The number of carbonyl (C=O) groups is 1. The number of nitrogens with zero attached hydrogens (tertiary/aromatic N) is 2. The first-order valence-corrected chi connectivity index (χ1v) is 12.9. The number of primary amides is 1. The molecule has 6 rings (SSSR count). The highest BCUT2D eigenvalue weighted by atomic mass is 19.1. The zero-order chi connectivity index (χ0) is 28.3. The Kier molecular flexibility index (Phi) is 6.14. The molecule has 0 bridgehead atoms. The summed E-state index contributed by atoms with van der Waals surface area (Å²) in [5.41, 5.74) is 8.09. The summed E-state index contributed by atoms with van der Waals surface area (Å²) >= 11 is 0. The molecule has 3 atom stereocenters. The fourth-order valence-electron chi connectivity index (χ4n) is 6.08. The van der Waals surface area contributed by atoms with Crippen molar-refractivity contribution in [3.05, 3.63) is 115 Å². The van der Waals surface area contributed by atoms with E-state index >= 15 is 4.39 Å². The van der Waals surface area contributed by atoms with E-state index in [9.17, 15) is 23.9 Å². The molecular weight excluding hydrogens is 518 g/mol. The predicted octanol–water partition coefficient (Wildman–Crippen LogP) is 3.36. The van der Waals surface area contributed by atoms with Crippen molar-refractivity contribution in [2.24, 2.45) is 5.73 Å². The van der Waals surface area contributed by atoms with Gasteiger partial charge in [-0.05, 0) is 66.3 Å². The number of aromatic nitrogens is 3. The molecule has 3 heterocycles. The highest BCUT2D eigenvalue weighted by Gasteiger charge is 2.41. The van der Waals surface area contributed by atoms with Gasteiger partial charge in [0.15, 0.2) is 0 Å². The lowest BCUT2D eigenvalue weighted by atomic mass is 9.73. The standard InChI is InChI=1S/C30H26F2N4O4/c1-15-17(4-2-6-23(15)36-25(38)14-24-20(31)5-3-10-35(24)30(36)40)26-21(32)13-19(29(33)39)28-27(26)18-8-7-16(9-11-37)12-22(18)34-28/h2-8,10,12,14,19,21,26,34,37H,9,11,13H2,1H3,(H2,33,39)/t19-,21?,26+/m0/s1. The molecule has 40 heavy (non-hydrogen) atoms. The molecule has 0 saturated carbocycles. The number of aliphatic hydroxyl groups is 1. The molecule has 5 aromatic rings. The molecule has 8 nitrogen and oxygen atoms in total. The minimum absolute atomic E-state index is 0.0300. The van der Waals surface area contributed by atoms with Crippen molar-refractivity contribution in [3.8, 4) is 5.69 Å². The van der Waals surface area contributed by atoms with E-state index < -0.39 is 41.0 Å². The minimum atomic E-state index is -1.49. The van der Waals surface area contributed by atoms with Gasteiger partial charge < -0.3 is 15.8 Å². The largest absolute Gasteiger partial charge is 0.396 e. The summed E-state index contributed by atoms with van der Waals surface area (Å²) in [5, 5.41) is 10.1. The maximum absolute atomic E-state index is 16.1. The Morgan fingerprint density at radius 3 is 2.70 bits per heavy atom. The lowest BCUT2D eigenvalue weighted by Gasteiger charge is -2.32. The first-order chi connectivity index (χ1) is 19.2. The van der Waals surface area contributed by atoms with Crippen LogP contribution < -0.4 is 17.0 Å². The SMILES string of the molecule is Cc1c([C@H]2c3c([nH]c4cc(CCO)ccc34)[C@@H](C(N)=O)CC2F)cccc1-n1c(=O)cc2c(F)cccn2c1=O. The molecular formula is C30H26F2N4O4. The average molecular weight is 545 g/mol. The summed E-state index contributed by atoms with van der Waals surface area (Å²) in [7, 11) is 0. The quantitative estimate of drug-likeness (QED) is 0.314. The van der Waals surface area contributed by atoms with Crippen molar-refractivity contribution in [1.29, 1.82) is 0 Å². The molecule has 0 saturated heterocycles. The second kappa shape index (κ2) is 9.56. The van der Waals surface area contributed by atoms with Crippen LogP contribution in [-0.2, 0) is 11.2 Å². The van der Waals surface area contributed by atoms with Gasteiger partial charge in [-0.2, -0.15) is 0 Å². The van der Waals surface area contributed by atoms with Crippen LogP contribution in [0.25, 0.3) is 22.1 Å². The summed E-state index contributed by atoms with van der Waals surface area (Å²) in [6.45, 7) is 1.68. The number of nitrogens with two attached hydrogens (primary N) is 1. The number of carbonyl (C=O) groups excluding carboxylic acids is 1. The second-order valence-electron chi connectivity index (χ2n) is 10.2. The molecule has 204 valence electrons. The molecule has 2 aromatic carbocycles. The Morgan fingerprint density at radius 1 is 1.15 bits per heavy atom. The topological polar surface area (TPSA) is 123 Å². The average Bonchev–Trinajstić information content (AvgIpc) is 3.29. The van der Waals surface area contributed by atoms with Crippen LogP contribution in [0.4, 0.5) is 8.78 Å². The van der Waals surface area contributed by atoms with Gasteiger partial charge in [0.2, 0.25) is 5.91 Å². The van der Waals surface area contributed by atoms with Gasteiger partial charge in [0, 0.05) is 41.4 Å². The van der Waals surface area contributed by atoms with Crippen molar-refractivity contribution in [3.63, 3.8) is 0 Å². The van der Waals surface area contributed by atoms with Crippen LogP contribution in [0.2, 0.25) is 0 Å². The van der Waals surface area contributed by atoms with Crippen molar-refractivity contribution < 1.29 is 18.7 Å². The van der Waals surface area contributed by atoms with E-state index in [0.717, 1.165) is 26.0 Å². The maximum Gasteiger partial charge on any atom is 0.340 e. The second-order valence-corrected chi connectivity index (χ2v) is 10.2. The van der Waals surface area contributed by atoms with Crippen molar-refractivity contribution in [2.75, 3.05) is 6.61 Å². The van der Waals surface area contributed by atoms with Gasteiger partial charge >= 0.3 is 5.69 Å². The summed E-state index contributed by atoms with van der Waals surface area (Å²) in [5.74, 6) is -3.02. The predicted molar refractivity (Wildman–Crippen MR) is 146 cm³/mol. The number of rotatable bonds is 5. The van der Waals surface area contributed by atoms with E-state index in [1.165, 1.54) is 18.3 Å². The summed E-state index contributed by atoms with van der Waals surface area (Å²) < 4.78 is 32.4. The van der Waals surface area contributed by atoms with Gasteiger partial charge in [-0.25, -0.2) is 18.1 Å². The molecule has 0 spiro atoms. The number of aliphatic hydroxyl groups excluding tert-OH is 1. The highest BCUT2D eigenvalue weighted by molar-refractivity contribution is 5.91. The number of benzene rings is 2. The fourth-order valence-corrected chi connectivity index (χ4v) is 6.08. The van der Waals surface area contributed by atoms with Crippen LogP contribution in [-0.4, -0.2) is 37.7 Å². The summed E-state index contributed by atoms with van der Waals surface area (Å²) in [4.78, 5) is 42.1. The number of hydrogen-bond acceptors (Lipinski definition) is 4. The molecule has 1 aliphatic carbocycles. The Hall–Kier alpha value is -4.57. The van der Waals surface area contributed by atoms with Crippen LogP contribution in [0.3, 0.4) is 0 Å². The lowest BCUT2D eigenvalue weighted by molar-refractivity contribution is -0.120. The number of halogens is 2. The maximum atomic E-state index is 16.1. The van der Waals surface area contributed by atoms with E-state index in [1.54, 1.807) is 25.1 Å². The summed E-state index contributed by atoms with van der Waals surface area (Å²) in [6, 6.07) is 14.1. The van der Waals surface area contributed by atoms with Gasteiger partial charge in [-0.1, -0.05) is 24.3 Å². The van der Waals surface area contributed by atoms with Crippen LogP contribution in [0.15, 0.2) is 70.4 Å². The van der Waals surface area contributed by atoms with Gasteiger partial charge in [0.05, 0.1) is 17.1 Å². The molecule has 10 heteroatoms. The molecule has 0 radical (unpaired) electrons. The van der Waals surface area contributed by atoms with E-state index in [1.807, 2.05) is 18.2 Å². The molecule has 0 fully saturated rings. The fraction of sp³-hybridized carbons (Fsp3) is 0.233. The van der Waals surface area contributed by atoms with Gasteiger partial charge in [0.25, 0.3) is 5.56 Å². The molecule has 4 N–H and O–H groups in total. The number of fused-ring (bicyclic) bond motifs is 4. The van der Waals surface area contributed by atoms with E-state index in [0.29, 0.717) is 34.3 Å². The van der Waals surface area contributed by atoms with Crippen LogP contribution in [0.1, 0.15) is 46.2 Å². The Morgan fingerprint density at radius 2 is 1.95 bits per heavy atom. The lowest BCUT2D eigenvalue weighted by Crippen LogP contribution is -2.37. The Bertz CT molecular complexity index is 1940. The number of nitrogens with one attached hydrogen (secondary N) is 1. The smallest absolute Gasteiger partial charge is 0.340 e. The normalized spacial score (nSPS) is 18.8. The molecule has 0 aliphatic heterocycles. The molecule has 3 aromatic heterocycles. The first-order valence-electron chi connectivity index (χ1n) is 12.9.